The number of fused-ring (bicyclic) bond motifs is 3. The van der Waals surface area contributed by atoms with Crippen LogP contribution in [0.25, 0.3) is 21.8 Å². The summed E-state index contributed by atoms with van der Waals surface area (Å²) in [6.07, 6.45) is 2.49. The molecule has 0 atom stereocenters. The van der Waals surface area contributed by atoms with Crippen molar-refractivity contribution < 1.29 is 5.32 Å². The van der Waals surface area contributed by atoms with Crippen molar-refractivity contribution in [3.05, 3.63) is 48.0 Å². The van der Waals surface area contributed by atoms with E-state index in [1.807, 2.05) is 0 Å². The summed E-state index contributed by atoms with van der Waals surface area (Å²) >= 11 is 0. The van der Waals surface area contributed by atoms with Gasteiger partial charge in [0.1, 0.15) is 6.54 Å². The molecule has 0 aliphatic rings. The van der Waals surface area contributed by atoms with E-state index in [0.29, 0.717) is 0 Å². The third-order valence-electron chi connectivity index (χ3n) is 4.89. The van der Waals surface area contributed by atoms with Gasteiger partial charge in [-0.2, -0.15) is 0 Å². The van der Waals surface area contributed by atoms with Crippen molar-refractivity contribution in [1.82, 2.24) is 4.57 Å². The molecule has 2 heteroatoms. The van der Waals surface area contributed by atoms with Gasteiger partial charge in [-0.3, -0.25) is 0 Å². The Morgan fingerprint density at radius 3 is 2.36 bits per heavy atom. The predicted octanol–water partition coefficient (Wildman–Crippen LogP) is 4.07. The third kappa shape index (κ3) is 2.64. The molecule has 2 aromatic carbocycles. The number of benzene rings is 2. The first-order valence-electron chi connectivity index (χ1n) is 8.61. The van der Waals surface area contributed by atoms with Gasteiger partial charge in [-0.25, -0.2) is 0 Å². The van der Waals surface area contributed by atoms with Crippen molar-refractivity contribution in [2.45, 2.75) is 52.7 Å². The molecular formula is C20H27N2+. The minimum absolute atomic E-state index is 0.743. The molecule has 0 aliphatic carbocycles. The molecule has 0 spiro atoms. The summed E-state index contributed by atoms with van der Waals surface area (Å²) < 4.78 is 2.42. The summed E-state index contributed by atoms with van der Waals surface area (Å²) in [6, 6.07) is 16.5. The van der Waals surface area contributed by atoms with Crippen molar-refractivity contribution in [3.63, 3.8) is 0 Å². The highest BCUT2D eigenvalue weighted by atomic mass is 15.0. The maximum atomic E-state index is 2.49. The molecule has 0 aliphatic heterocycles. The lowest BCUT2D eigenvalue weighted by molar-refractivity contribution is -0.704. The fraction of sp³-hybridized carbons (Fsp3) is 0.400. The maximum Gasteiger partial charge on any atom is 0.101 e. The van der Waals surface area contributed by atoms with E-state index in [1.165, 1.54) is 40.2 Å². The Morgan fingerprint density at radius 2 is 1.64 bits per heavy atom. The molecule has 116 valence electrons. The van der Waals surface area contributed by atoms with Crippen LogP contribution in [0, 0.1) is 0 Å². The standard InChI is InChI=1S/C20H26N2/c1-4-16(5-2)21-14-15-11-12-20-18(13-15)17-9-7-8-10-19(17)22(20)6-3/h7-13,16,21H,4-6,14H2,1-3H3/p+1. The summed E-state index contributed by atoms with van der Waals surface area (Å²) in [5.74, 6) is 0. The van der Waals surface area contributed by atoms with Crippen LogP contribution in [0.5, 0.6) is 0 Å². The second-order valence-corrected chi connectivity index (χ2v) is 6.13. The van der Waals surface area contributed by atoms with Crippen LogP contribution < -0.4 is 5.32 Å². The van der Waals surface area contributed by atoms with Crippen LogP contribution in [0.15, 0.2) is 42.5 Å². The summed E-state index contributed by atoms with van der Waals surface area (Å²) in [5, 5.41) is 5.26. The van der Waals surface area contributed by atoms with Gasteiger partial charge in [0.15, 0.2) is 0 Å². The lowest BCUT2D eigenvalue weighted by Gasteiger charge is -2.11. The van der Waals surface area contributed by atoms with Crippen LogP contribution in [-0.4, -0.2) is 10.6 Å². The number of aryl methyl sites for hydroxylation is 1. The molecule has 2 N–H and O–H groups in total. The molecule has 0 unspecified atom stereocenters. The van der Waals surface area contributed by atoms with Crippen molar-refractivity contribution in [2.24, 2.45) is 0 Å². The first-order chi connectivity index (χ1) is 10.8. The average molecular weight is 295 g/mol. The van der Waals surface area contributed by atoms with Crippen LogP contribution in [0.3, 0.4) is 0 Å². The lowest BCUT2D eigenvalue weighted by Crippen LogP contribution is -2.88. The number of aromatic nitrogens is 1. The van der Waals surface area contributed by atoms with Crippen molar-refractivity contribution >= 4 is 21.8 Å². The molecule has 0 saturated heterocycles. The van der Waals surface area contributed by atoms with Gasteiger partial charge < -0.3 is 9.88 Å². The number of nitrogens with zero attached hydrogens (tertiary/aromatic N) is 1. The largest absolute Gasteiger partial charge is 0.341 e. The van der Waals surface area contributed by atoms with Gasteiger partial charge in [0.2, 0.25) is 0 Å². The molecule has 0 bridgehead atoms. The van der Waals surface area contributed by atoms with E-state index >= 15 is 0 Å². The summed E-state index contributed by atoms with van der Waals surface area (Å²) in [4.78, 5) is 0. The van der Waals surface area contributed by atoms with E-state index in [0.717, 1.165) is 19.1 Å². The van der Waals surface area contributed by atoms with Crippen LogP contribution in [-0.2, 0) is 13.1 Å². The zero-order valence-electron chi connectivity index (χ0n) is 14.0. The second kappa shape index (κ2) is 6.53. The van der Waals surface area contributed by atoms with Crippen molar-refractivity contribution in [1.29, 1.82) is 0 Å². The first-order valence-corrected chi connectivity index (χ1v) is 8.61. The molecule has 1 heterocycles. The maximum absolute atomic E-state index is 2.49. The number of hydrogen-bond acceptors (Lipinski definition) is 0. The van der Waals surface area contributed by atoms with Crippen LogP contribution in [0.1, 0.15) is 39.2 Å². The average Bonchev–Trinajstić information content (AvgIpc) is 2.89. The van der Waals surface area contributed by atoms with Gasteiger partial charge in [-0.05, 0) is 38.0 Å². The molecule has 1 aromatic heterocycles. The molecule has 0 amide bonds. The highest BCUT2D eigenvalue weighted by Gasteiger charge is 2.11. The number of hydrogen-bond donors (Lipinski definition) is 1. The van der Waals surface area contributed by atoms with Crippen LogP contribution >= 0.6 is 0 Å². The zero-order valence-corrected chi connectivity index (χ0v) is 14.0. The molecule has 0 radical (unpaired) electrons. The normalized spacial score (nSPS) is 11.8. The molecular weight excluding hydrogens is 268 g/mol. The minimum atomic E-state index is 0.743. The van der Waals surface area contributed by atoms with Gasteiger partial charge in [-0.15, -0.1) is 0 Å². The SMILES string of the molecule is CCC(CC)[NH2+]Cc1ccc2c(c1)c1ccccc1n2CC. The van der Waals surface area contributed by atoms with E-state index in [-0.39, 0.29) is 0 Å². The predicted molar refractivity (Wildman–Crippen MR) is 95.1 cm³/mol. The molecule has 0 saturated carbocycles. The molecule has 0 fully saturated rings. The van der Waals surface area contributed by atoms with Gasteiger partial charge in [-0.1, -0.05) is 38.1 Å². The van der Waals surface area contributed by atoms with E-state index in [9.17, 15) is 0 Å². The zero-order chi connectivity index (χ0) is 15.5. The quantitative estimate of drug-likeness (QED) is 0.708. The Bertz CT molecular complexity index is 766. The number of rotatable bonds is 6. The van der Waals surface area contributed by atoms with Crippen molar-refractivity contribution in [3.8, 4) is 0 Å². The first kappa shape index (κ1) is 15.1. The number of nitrogens with two attached hydrogens (primary N) is 1. The van der Waals surface area contributed by atoms with Gasteiger partial charge >= 0.3 is 0 Å². The number of quaternary nitrogens is 1. The highest BCUT2D eigenvalue weighted by molar-refractivity contribution is 6.08. The third-order valence-corrected chi connectivity index (χ3v) is 4.89. The number of para-hydroxylation sites is 1. The molecule has 2 nitrogen and oxygen atoms in total. The van der Waals surface area contributed by atoms with E-state index < -0.39 is 0 Å². The van der Waals surface area contributed by atoms with Gasteiger partial charge in [0, 0.05) is 33.9 Å². The molecule has 3 aromatic rings. The Labute approximate surface area is 133 Å². The summed E-state index contributed by atoms with van der Waals surface area (Å²) in [7, 11) is 0. The fourth-order valence-corrected chi connectivity index (χ4v) is 3.49. The molecule has 22 heavy (non-hydrogen) atoms. The Kier molecular flexibility index (Phi) is 4.49. The highest BCUT2D eigenvalue weighted by Crippen LogP contribution is 2.29. The smallest absolute Gasteiger partial charge is 0.101 e. The van der Waals surface area contributed by atoms with E-state index in [2.05, 4.69) is 73.1 Å². The summed E-state index contributed by atoms with van der Waals surface area (Å²) in [5.41, 5.74) is 4.13. The Morgan fingerprint density at radius 1 is 0.909 bits per heavy atom. The van der Waals surface area contributed by atoms with Gasteiger partial charge in [0.25, 0.3) is 0 Å². The fourth-order valence-electron chi connectivity index (χ4n) is 3.49. The minimum Gasteiger partial charge on any atom is -0.341 e. The van der Waals surface area contributed by atoms with Crippen molar-refractivity contribution in [2.75, 3.05) is 0 Å². The van der Waals surface area contributed by atoms with Gasteiger partial charge in [0.05, 0.1) is 6.04 Å². The molecule has 3 rings (SSSR count). The van der Waals surface area contributed by atoms with Crippen LogP contribution in [0.4, 0.5) is 0 Å². The monoisotopic (exact) mass is 295 g/mol. The van der Waals surface area contributed by atoms with E-state index in [4.69, 9.17) is 0 Å². The second-order valence-electron chi connectivity index (χ2n) is 6.13. The van der Waals surface area contributed by atoms with Crippen LogP contribution in [0.2, 0.25) is 0 Å². The Hall–Kier alpha value is -1.80. The van der Waals surface area contributed by atoms with E-state index in [1.54, 1.807) is 0 Å². The topological polar surface area (TPSA) is 21.5 Å². The summed E-state index contributed by atoms with van der Waals surface area (Å²) in [6.45, 7) is 8.88. The lowest BCUT2D eigenvalue weighted by atomic mass is 10.1. The Balaban J connectivity index is 2.01.